The Hall–Kier alpha value is -3.15. The van der Waals surface area contributed by atoms with Crippen LogP contribution in [0.4, 0.5) is 4.39 Å². The van der Waals surface area contributed by atoms with E-state index in [4.69, 9.17) is 0 Å². The highest BCUT2D eigenvalue weighted by atomic mass is 19.1. The number of amides is 1. The highest BCUT2D eigenvalue weighted by Crippen LogP contribution is 2.32. The van der Waals surface area contributed by atoms with Crippen LogP contribution in [0.2, 0.25) is 0 Å². The van der Waals surface area contributed by atoms with Crippen molar-refractivity contribution in [1.29, 1.82) is 0 Å². The van der Waals surface area contributed by atoms with Crippen LogP contribution in [0.5, 0.6) is 0 Å². The number of benzene rings is 2. The van der Waals surface area contributed by atoms with Crippen LogP contribution >= 0.6 is 0 Å². The fourth-order valence-corrected chi connectivity index (χ4v) is 3.47. The van der Waals surface area contributed by atoms with Gasteiger partial charge < -0.3 is 4.90 Å². The Bertz CT molecular complexity index is 976. The third-order valence-electron chi connectivity index (χ3n) is 4.73. The molecule has 3 aromatic rings. The van der Waals surface area contributed by atoms with Crippen molar-refractivity contribution in [2.24, 2.45) is 0 Å². The molecule has 1 amide bonds. The lowest BCUT2D eigenvalue weighted by Crippen LogP contribution is -2.31. The van der Waals surface area contributed by atoms with Crippen LogP contribution in [0, 0.1) is 5.82 Å². The molecule has 1 aromatic heterocycles. The van der Waals surface area contributed by atoms with Gasteiger partial charge >= 0.3 is 0 Å². The van der Waals surface area contributed by atoms with Crippen LogP contribution in [0.1, 0.15) is 34.9 Å². The quantitative estimate of drug-likeness (QED) is 0.787. The summed E-state index contributed by atoms with van der Waals surface area (Å²) < 4.78 is 14.5. The zero-order chi connectivity index (χ0) is 18.1. The summed E-state index contributed by atoms with van der Waals surface area (Å²) in [6.07, 6.45) is 1.69. The number of halogens is 1. The molecule has 26 heavy (non-hydrogen) atoms. The molecule has 0 saturated carbocycles. The zero-order valence-corrected chi connectivity index (χ0v) is 14.1. The first-order chi connectivity index (χ1) is 12.6. The lowest BCUT2D eigenvalue weighted by atomic mass is 10.0. The summed E-state index contributed by atoms with van der Waals surface area (Å²) in [4.78, 5) is 27.0. The van der Waals surface area contributed by atoms with Crippen LogP contribution in [-0.2, 0) is 0 Å². The fraction of sp³-hybridized carbons (Fsp3) is 0.200. The molecule has 0 spiro atoms. The fourth-order valence-electron chi connectivity index (χ4n) is 3.47. The molecule has 2 aromatic carbocycles. The Kier molecular flexibility index (Phi) is 4.16. The minimum absolute atomic E-state index is 0.105. The van der Waals surface area contributed by atoms with Crippen LogP contribution in [0.25, 0.3) is 5.69 Å². The van der Waals surface area contributed by atoms with Crippen molar-refractivity contribution in [3.05, 3.63) is 88.1 Å². The molecule has 1 N–H and O–H groups in total. The molecular formula is C20H18FN3O2. The van der Waals surface area contributed by atoms with E-state index in [1.807, 2.05) is 18.2 Å². The second-order valence-corrected chi connectivity index (χ2v) is 6.39. The van der Waals surface area contributed by atoms with Gasteiger partial charge in [0.15, 0.2) is 0 Å². The third kappa shape index (κ3) is 2.94. The van der Waals surface area contributed by atoms with Gasteiger partial charge in [-0.15, -0.1) is 0 Å². The molecule has 0 aliphatic carbocycles. The Morgan fingerprint density at radius 3 is 2.54 bits per heavy atom. The van der Waals surface area contributed by atoms with Gasteiger partial charge in [0.2, 0.25) is 0 Å². The molecule has 1 fully saturated rings. The first-order valence-electron chi connectivity index (χ1n) is 8.57. The Labute approximate surface area is 149 Å². The molecule has 1 aliphatic rings. The van der Waals surface area contributed by atoms with E-state index in [0.717, 1.165) is 18.4 Å². The summed E-state index contributed by atoms with van der Waals surface area (Å²) in [6.45, 7) is 0.611. The standard InChI is InChI=1S/C20H18FN3O2/c21-15-10-8-14(9-11-15)18-7-4-12-23(18)20(26)17-13-19(25)24(22-17)16-5-2-1-3-6-16/h1-3,5-6,8-11,13,18,22H,4,7,12H2/t18-/m1/s1. The van der Waals surface area contributed by atoms with E-state index in [1.54, 1.807) is 29.2 Å². The highest BCUT2D eigenvalue weighted by Gasteiger charge is 2.31. The molecule has 0 unspecified atom stereocenters. The van der Waals surface area contributed by atoms with E-state index in [9.17, 15) is 14.0 Å². The lowest BCUT2D eigenvalue weighted by Gasteiger charge is -2.24. The van der Waals surface area contributed by atoms with Crippen molar-refractivity contribution >= 4 is 5.91 Å². The van der Waals surface area contributed by atoms with E-state index in [0.29, 0.717) is 12.2 Å². The largest absolute Gasteiger partial charge is 0.330 e. The number of H-pyrrole nitrogens is 1. The minimum atomic E-state index is -0.297. The number of carbonyl (C=O) groups is 1. The predicted octanol–water partition coefficient (Wildman–Crippen LogP) is 3.28. The molecule has 0 bridgehead atoms. The number of nitrogens with zero attached hydrogens (tertiary/aromatic N) is 2. The van der Waals surface area contributed by atoms with Gasteiger partial charge in [0.25, 0.3) is 11.5 Å². The molecule has 1 saturated heterocycles. The monoisotopic (exact) mass is 351 g/mol. The average molecular weight is 351 g/mol. The number of hydrogen-bond acceptors (Lipinski definition) is 2. The van der Waals surface area contributed by atoms with E-state index >= 15 is 0 Å². The van der Waals surface area contributed by atoms with Gasteiger partial charge in [-0.2, -0.15) is 0 Å². The first-order valence-corrected chi connectivity index (χ1v) is 8.57. The molecule has 6 heteroatoms. The predicted molar refractivity (Wildman–Crippen MR) is 95.8 cm³/mol. The molecule has 1 atom stereocenters. The van der Waals surface area contributed by atoms with Crippen LogP contribution in [0.3, 0.4) is 0 Å². The summed E-state index contributed by atoms with van der Waals surface area (Å²) in [5, 5.41) is 2.91. The number of aromatic nitrogens is 2. The van der Waals surface area contributed by atoms with Gasteiger partial charge in [-0.05, 0) is 42.7 Å². The number of hydrogen-bond donors (Lipinski definition) is 1. The number of rotatable bonds is 3. The normalized spacial score (nSPS) is 16.8. The number of aromatic amines is 1. The molecule has 4 rings (SSSR count). The van der Waals surface area contributed by atoms with Crippen LogP contribution in [-0.4, -0.2) is 27.1 Å². The maximum absolute atomic E-state index is 13.2. The summed E-state index contributed by atoms with van der Waals surface area (Å²) in [6, 6.07) is 16.6. The molecule has 0 radical (unpaired) electrons. The van der Waals surface area contributed by atoms with E-state index in [-0.39, 0.29) is 29.0 Å². The minimum Gasteiger partial charge on any atom is -0.330 e. The summed E-state index contributed by atoms with van der Waals surface area (Å²) in [5.74, 6) is -0.516. The number of carbonyl (C=O) groups excluding carboxylic acids is 1. The van der Waals surface area contributed by atoms with Crippen molar-refractivity contribution in [2.45, 2.75) is 18.9 Å². The van der Waals surface area contributed by atoms with Gasteiger partial charge in [0.1, 0.15) is 11.5 Å². The SMILES string of the molecule is O=C(c1cc(=O)n(-c2ccccc2)[nH]1)N1CCC[C@@H]1c1ccc(F)cc1. The molecular weight excluding hydrogens is 333 g/mol. The average Bonchev–Trinajstić information content (AvgIpc) is 3.29. The number of para-hydroxylation sites is 1. The van der Waals surface area contributed by atoms with Gasteiger partial charge in [0, 0.05) is 12.6 Å². The Morgan fingerprint density at radius 2 is 1.81 bits per heavy atom. The van der Waals surface area contributed by atoms with E-state index in [2.05, 4.69) is 5.10 Å². The van der Waals surface area contributed by atoms with Crippen molar-refractivity contribution < 1.29 is 9.18 Å². The smallest absolute Gasteiger partial charge is 0.272 e. The van der Waals surface area contributed by atoms with Crippen molar-refractivity contribution in [1.82, 2.24) is 14.7 Å². The second-order valence-electron chi connectivity index (χ2n) is 6.39. The second kappa shape index (κ2) is 6.63. The topological polar surface area (TPSA) is 58.1 Å². The molecule has 132 valence electrons. The zero-order valence-electron chi connectivity index (χ0n) is 14.1. The van der Waals surface area contributed by atoms with Gasteiger partial charge in [0.05, 0.1) is 11.7 Å². The summed E-state index contributed by atoms with van der Waals surface area (Å²) in [5.41, 5.74) is 1.56. The van der Waals surface area contributed by atoms with Crippen molar-refractivity contribution in [3.8, 4) is 5.69 Å². The molecule has 1 aliphatic heterocycles. The molecule has 5 nitrogen and oxygen atoms in total. The first kappa shape index (κ1) is 16.3. The summed E-state index contributed by atoms with van der Waals surface area (Å²) >= 11 is 0. The van der Waals surface area contributed by atoms with Crippen molar-refractivity contribution in [3.63, 3.8) is 0 Å². The highest BCUT2D eigenvalue weighted by molar-refractivity contribution is 5.92. The Morgan fingerprint density at radius 1 is 1.08 bits per heavy atom. The Balaban J connectivity index is 1.63. The van der Waals surface area contributed by atoms with E-state index < -0.39 is 0 Å². The van der Waals surface area contributed by atoms with Gasteiger partial charge in [-0.1, -0.05) is 30.3 Å². The number of likely N-dealkylation sites (tertiary alicyclic amines) is 1. The lowest BCUT2D eigenvalue weighted by molar-refractivity contribution is 0.0729. The summed E-state index contributed by atoms with van der Waals surface area (Å²) in [7, 11) is 0. The van der Waals surface area contributed by atoms with Crippen molar-refractivity contribution in [2.75, 3.05) is 6.54 Å². The van der Waals surface area contributed by atoms with Crippen LogP contribution in [0.15, 0.2) is 65.5 Å². The van der Waals surface area contributed by atoms with Crippen LogP contribution < -0.4 is 5.56 Å². The third-order valence-corrected chi connectivity index (χ3v) is 4.73. The number of nitrogens with one attached hydrogen (secondary N) is 1. The maximum atomic E-state index is 13.2. The maximum Gasteiger partial charge on any atom is 0.272 e. The molecule has 2 heterocycles. The van der Waals surface area contributed by atoms with Gasteiger partial charge in [-0.3, -0.25) is 14.7 Å². The van der Waals surface area contributed by atoms with E-state index in [1.165, 1.54) is 22.9 Å². The van der Waals surface area contributed by atoms with Gasteiger partial charge in [-0.25, -0.2) is 9.07 Å².